The van der Waals surface area contributed by atoms with Crippen LogP contribution in [-0.2, 0) is 0 Å². The molecule has 1 aromatic carbocycles. The predicted molar refractivity (Wildman–Crippen MR) is 37.5 cm³/mol. The predicted octanol–water partition coefficient (Wildman–Crippen LogP) is 1.34. The maximum absolute atomic E-state index is 12.7. The molecular weight excluding hydrogens is 147 g/mol. The van der Waals surface area contributed by atoms with Crippen molar-refractivity contribution in [1.29, 1.82) is 0 Å². The molecule has 59 valence electrons. The van der Waals surface area contributed by atoms with Gasteiger partial charge in [-0.25, -0.2) is 4.39 Å². The summed E-state index contributed by atoms with van der Waals surface area (Å²) < 4.78 is 17.4. The van der Waals surface area contributed by atoms with E-state index in [-0.39, 0.29) is 5.75 Å². The molecule has 2 nitrogen and oxygen atoms in total. The third kappa shape index (κ3) is 2.20. The topological polar surface area (TPSA) is 29.5 Å². The minimum atomic E-state index is -0.994. The largest absolute Gasteiger partial charge is 0.462 e. The molecule has 0 spiro atoms. The quantitative estimate of drug-likeness (QED) is 0.653. The second kappa shape index (κ2) is 3.34. The van der Waals surface area contributed by atoms with Gasteiger partial charge in [-0.05, 0) is 25.1 Å². The lowest BCUT2D eigenvalue weighted by molar-refractivity contribution is -0.00308. The first-order chi connectivity index (χ1) is 5.20. The summed E-state index contributed by atoms with van der Waals surface area (Å²) in [5, 5.41) is 8.73. The highest BCUT2D eigenvalue weighted by atomic mass is 19.1. The van der Waals surface area contributed by atoms with E-state index in [1.54, 1.807) is 0 Å². The van der Waals surface area contributed by atoms with Gasteiger partial charge < -0.3 is 9.84 Å². The molecule has 0 saturated carbocycles. The van der Waals surface area contributed by atoms with Gasteiger partial charge in [-0.3, -0.25) is 0 Å². The van der Waals surface area contributed by atoms with Crippen LogP contribution in [0, 0.1) is 11.9 Å². The Hall–Kier alpha value is -1.09. The molecule has 1 rings (SSSR count). The third-order valence-electron chi connectivity index (χ3n) is 1.07. The van der Waals surface area contributed by atoms with Gasteiger partial charge in [0.15, 0.2) is 17.9 Å². The molecule has 1 N–H and O–H groups in total. The third-order valence-corrected chi connectivity index (χ3v) is 1.07. The maximum Gasteiger partial charge on any atom is 0.194 e. The fourth-order valence-electron chi connectivity index (χ4n) is 0.675. The molecule has 0 heterocycles. The minimum absolute atomic E-state index is 0.0405. The second-order valence-electron chi connectivity index (χ2n) is 2.07. The Morgan fingerprint density at radius 2 is 2.45 bits per heavy atom. The van der Waals surface area contributed by atoms with E-state index in [0.717, 1.165) is 6.07 Å². The Balaban J connectivity index is 2.78. The lowest BCUT2D eigenvalue weighted by Crippen LogP contribution is -2.10. The van der Waals surface area contributed by atoms with Gasteiger partial charge in [-0.2, -0.15) is 0 Å². The number of hydrogen-bond donors (Lipinski definition) is 1. The molecule has 11 heavy (non-hydrogen) atoms. The van der Waals surface area contributed by atoms with Crippen LogP contribution in [0.2, 0.25) is 0 Å². The molecule has 0 bridgehead atoms. The van der Waals surface area contributed by atoms with Crippen molar-refractivity contribution in [2.24, 2.45) is 0 Å². The average Bonchev–Trinajstić information content (AvgIpc) is 1.93. The molecule has 3 heteroatoms. The van der Waals surface area contributed by atoms with E-state index < -0.39 is 12.1 Å². The highest BCUT2D eigenvalue weighted by Gasteiger charge is 2.03. The SMILES string of the molecule is CC(O)Oc1cc[c]cc1F. The Kier molecular flexibility index (Phi) is 2.44. The Morgan fingerprint density at radius 1 is 1.73 bits per heavy atom. The fraction of sp³-hybridized carbons (Fsp3) is 0.250. The van der Waals surface area contributed by atoms with Crippen LogP contribution in [0.5, 0.6) is 5.75 Å². The Labute approximate surface area is 64.2 Å². The van der Waals surface area contributed by atoms with Crippen LogP contribution in [-0.4, -0.2) is 11.4 Å². The van der Waals surface area contributed by atoms with E-state index in [1.165, 1.54) is 19.1 Å². The number of benzene rings is 1. The first-order valence-electron chi connectivity index (χ1n) is 3.20. The lowest BCUT2D eigenvalue weighted by Gasteiger charge is -2.08. The first kappa shape index (κ1) is 8.01. The summed E-state index contributed by atoms with van der Waals surface area (Å²) in [5.41, 5.74) is 0. The number of hydrogen-bond acceptors (Lipinski definition) is 2. The van der Waals surface area contributed by atoms with Crippen molar-refractivity contribution in [2.75, 3.05) is 0 Å². The molecule has 0 aliphatic carbocycles. The monoisotopic (exact) mass is 155 g/mol. The number of halogens is 1. The zero-order valence-corrected chi connectivity index (χ0v) is 6.04. The van der Waals surface area contributed by atoms with Crippen molar-refractivity contribution in [3.8, 4) is 5.75 Å². The van der Waals surface area contributed by atoms with Crippen LogP contribution in [0.1, 0.15) is 6.92 Å². The van der Waals surface area contributed by atoms with Gasteiger partial charge in [0.1, 0.15) is 0 Å². The van der Waals surface area contributed by atoms with Crippen molar-refractivity contribution in [3.63, 3.8) is 0 Å². The Bertz CT molecular complexity index is 235. The van der Waals surface area contributed by atoms with Crippen LogP contribution in [0.15, 0.2) is 18.2 Å². The van der Waals surface area contributed by atoms with Crippen LogP contribution >= 0.6 is 0 Å². The van der Waals surface area contributed by atoms with Gasteiger partial charge in [0.25, 0.3) is 0 Å². The van der Waals surface area contributed by atoms with Gasteiger partial charge in [-0.1, -0.05) is 6.07 Å². The molecule has 0 saturated heterocycles. The molecule has 0 amide bonds. The number of aliphatic hydroxyl groups excluding tert-OH is 1. The molecule has 0 aromatic heterocycles. The molecule has 0 aliphatic rings. The van der Waals surface area contributed by atoms with Crippen molar-refractivity contribution < 1.29 is 14.2 Å². The van der Waals surface area contributed by atoms with Crippen LogP contribution in [0.25, 0.3) is 0 Å². The molecular formula is C8H8FO2. The number of ether oxygens (including phenoxy) is 1. The van der Waals surface area contributed by atoms with Gasteiger partial charge in [0.2, 0.25) is 0 Å². The van der Waals surface area contributed by atoms with Crippen LogP contribution < -0.4 is 4.74 Å². The highest BCUT2D eigenvalue weighted by molar-refractivity contribution is 5.22. The summed E-state index contributed by atoms with van der Waals surface area (Å²) in [7, 11) is 0. The van der Waals surface area contributed by atoms with Crippen LogP contribution in [0.4, 0.5) is 4.39 Å². The Morgan fingerprint density at radius 3 is 3.00 bits per heavy atom. The maximum atomic E-state index is 12.7. The van der Waals surface area contributed by atoms with Gasteiger partial charge in [0.05, 0.1) is 0 Å². The van der Waals surface area contributed by atoms with Crippen molar-refractivity contribution >= 4 is 0 Å². The standard InChI is InChI=1S/C8H8FO2/c1-6(10)11-8-5-3-2-4-7(8)9/h3-6,10H,1H3. The summed E-state index contributed by atoms with van der Waals surface area (Å²) in [6.45, 7) is 1.41. The highest BCUT2D eigenvalue weighted by Crippen LogP contribution is 2.15. The van der Waals surface area contributed by atoms with E-state index in [2.05, 4.69) is 6.07 Å². The van der Waals surface area contributed by atoms with E-state index in [1.807, 2.05) is 0 Å². The summed E-state index contributed by atoms with van der Waals surface area (Å²) in [5.74, 6) is -0.479. The molecule has 1 aromatic rings. The normalized spacial score (nSPS) is 12.6. The molecule has 1 radical (unpaired) electrons. The fourth-order valence-corrected chi connectivity index (χ4v) is 0.675. The van der Waals surface area contributed by atoms with Crippen molar-refractivity contribution in [1.82, 2.24) is 0 Å². The summed E-state index contributed by atoms with van der Waals surface area (Å²) in [6, 6.07) is 6.61. The van der Waals surface area contributed by atoms with E-state index in [9.17, 15) is 4.39 Å². The zero-order valence-electron chi connectivity index (χ0n) is 6.04. The van der Waals surface area contributed by atoms with E-state index in [0.29, 0.717) is 0 Å². The van der Waals surface area contributed by atoms with Gasteiger partial charge in [-0.15, -0.1) is 0 Å². The van der Waals surface area contributed by atoms with Crippen molar-refractivity contribution in [3.05, 3.63) is 30.1 Å². The summed E-state index contributed by atoms with van der Waals surface area (Å²) in [6.07, 6.45) is -0.994. The number of aliphatic hydroxyl groups is 1. The zero-order chi connectivity index (χ0) is 8.27. The van der Waals surface area contributed by atoms with Gasteiger partial charge in [0, 0.05) is 0 Å². The second-order valence-corrected chi connectivity index (χ2v) is 2.07. The van der Waals surface area contributed by atoms with Crippen molar-refractivity contribution in [2.45, 2.75) is 13.2 Å². The molecule has 0 fully saturated rings. The first-order valence-corrected chi connectivity index (χ1v) is 3.20. The smallest absolute Gasteiger partial charge is 0.194 e. The van der Waals surface area contributed by atoms with Crippen LogP contribution in [0.3, 0.4) is 0 Å². The molecule has 1 unspecified atom stereocenters. The molecule has 0 aliphatic heterocycles. The summed E-state index contributed by atoms with van der Waals surface area (Å²) in [4.78, 5) is 0. The summed E-state index contributed by atoms with van der Waals surface area (Å²) >= 11 is 0. The minimum Gasteiger partial charge on any atom is -0.462 e. The van der Waals surface area contributed by atoms with E-state index in [4.69, 9.17) is 9.84 Å². The average molecular weight is 155 g/mol. The lowest BCUT2D eigenvalue weighted by atomic mass is 10.3. The van der Waals surface area contributed by atoms with E-state index >= 15 is 0 Å². The number of rotatable bonds is 2. The van der Waals surface area contributed by atoms with Gasteiger partial charge >= 0.3 is 0 Å². The molecule has 1 atom stereocenters.